The predicted molar refractivity (Wildman–Crippen MR) is 60.4 cm³/mol. The van der Waals surface area contributed by atoms with Crippen LogP contribution in [0.4, 0.5) is 13.2 Å². The van der Waals surface area contributed by atoms with E-state index in [4.69, 9.17) is 11.0 Å². The van der Waals surface area contributed by atoms with Gasteiger partial charge in [0.25, 0.3) is 0 Å². The van der Waals surface area contributed by atoms with E-state index in [-0.39, 0.29) is 13.1 Å². The summed E-state index contributed by atoms with van der Waals surface area (Å²) in [6, 6.07) is 3.38. The van der Waals surface area contributed by atoms with Crippen molar-refractivity contribution in [2.75, 3.05) is 13.1 Å². The number of alkyl halides is 3. The van der Waals surface area contributed by atoms with Crippen LogP contribution in [0.1, 0.15) is 11.1 Å². The molecule has 1 aromatic carbocycles. The highest BCUT2D eigenvalue weighted by Crippen LogP contribution is 2.32. The van der Waals surface area contributed by atoms with Crippen LogP contribution in [-0.4, -0.2) is 21.5 Å². The van der Waals surface area contributed by atoms with Crippen LogP contribution in [0.3, 0.4) is 0 Å². The quantitative estimate of drug-likeness (QED) is 0.858. The molecule has 3 N–H and O–H groups in total. The Balaban J connectivity index is 3.26. The normalized spacial score (nSPS) is 12.2. The molecular weight excluding hydrogens is 283 g/mol. The average molecular weight is 293 g/mol. The van der Waals surface area contributed by atoms with Gasteiger partial charge in [0.05, 0.1) is 22.1 Å². The van der Waals surface area contributed by atoms with Crippen molar-refractivity contribution in [3.8, 4) is 6.07 Å². The fraction of sp³-hybridized carbons (Fsp3) is 0.300. The lowest BCUT2D eigenvalue weighted by Gasteiger charge is -2.11. The maximum Gasteiger partial charge on any atom is 0.417 e. The van der Waals surface area contributed by atoms with Gasteiger partial charge in [0, 0.05) is 13.1 Å². The van der Waals surface area contributed by atoms with Crippen molar-refractivity contribution in [2.45, 2.75) is 11.1 Å². The van der Waals surface area contributed by atoms with Gasteiger partial charge in [-0.05, 0) is 18.2 Å². The van der Waals surface area contributed by atoms with Gasteiger partial charge in [-0.1, -0.05) is 0 Å². The first-order valence-electron chi connectivity index (χ1n) is 5.03. The van der Waals surface area contributed by atoms with Gasteiger partial charge >= 0.3 is 6.18 Å². The molecule has 0 aromatic heterocycles. The van der Waals surface area contributed by atoms with E-state index in [0.29, 0.717) is 12.1 Å². The lowest BCUT2D eigenvalue weighted by Crippen LogP contribution is -2.29. The molecule has 5 nitrogen and oxygen atoms in total. The van der Waals surface area contributed by atoms with Gasteiger partial charge in [-0.15, -0.1) is 0 Å². The number of nitriles is 1. The number of benzene rings is 1. The molecule has 0 amide bonds. The molecule has 9 heteroatoms. The molecule has 0 atom stereocenters. The number of halogens is 3. The Morgan fingerprint density at radius 1 is 1.37 bits per heavy atom. The smallest absolute Gasteiger partial charge is 0.329 e. The van der Waals surface area contributed by atoms with Crippen molar-refractivity contribution in [2.24, 2.45) is 5.73 Å². The van der Waals surface area contributed by atoms with E-state index in [2.05, 4.69) is 4.72 Å². The molecule has 0 saturated carbocycles. The summed E-state index contributed by atoms with van der Waals surface area (Å²) < 4.78 is 63.0. The topological polar surface area (TPSA) is 96.0 Å². The van der Waals surface area contributed by atoms with Gasteiger partial charge < -0.3 is 5.73 Å². The largest absolute Gasteiger partial charge is 0.417 e. The Labute approximate surface area is 107 Å². The SMILES string of the molecule is N#Cc1cc(S(=O)(=O)NCCN)ccc1C(F)(F)F. The van der Waals surface area contributed by atoms with E-state index >= 15 is 0 Å². The second kappa shape index (κ2) is 5.56. The van der Waals surface area contributed by atoms with Crippen LogP contribution in [0.25, 0.3) is 0 Å². The summed E-state index contributed by atoms with van der Waals surface area (Å²) in [5.41, 5.74) is 3.20. The zero-order valence-corrected chi connectivity index (χ0v) is 10.3. The van der Waals surface area contributed by atoms with Crippen molar-refractivity contribution in [1.82, 2.24) is 4.72 Å². The maximum atomic E-state index is 12.5. The minimum Gasteiger partial charge on any atom is -0.329 e. The number of hydrogen-bond donors (Lipinski definition) is 2. The number of rotatable bonds is 4. The third-order valence-corrected chi connectivity index (χ3v) is 3.62. The summed E-state index contributed by atoms with van der Waals surface area (Å²) in [5.74, 6) is 0. The lowest BCUT2D eigenvalue weighted by atomic mass is 10.1. The minimum absolute atomic E-state index is 0.0466. The molecule has 0 aliphatic heterocycles. The van der Waals surface area contributed by atoms with Crippen LogP contribution in [0.15, 0.2) is 23.1 Å². The minimum atomic E-state index is -4.71. The van der Waals surface area contributed by atoms with Gasteiger partial charge in [-0.25, -0.2) is 13.1 Å². The van der Waals surface area contributed by atoms with Gasteiger partial charge in [0.15, 0.2) is 0 Å². The van der Waals surface area contributed by atoms with Gasteiger partial charge in [0.1, 0.15) is 0 Å². The molecule has 1 rings (SSSR count). The van der Waals surface area contributed by atoms with Gasteiger partial charge in [0.2, 0.25) is 10.0 Å². The zero-order valence-electron chi connectivity index (χ0n) is 9.53. The number of nitrogens with one attached hydrogen (secondary N) is 1. The van der Waals surface area contributed by atoms with Crippen LogP contribution >= 0.6 is 0 Å². The summed E-state index contributed by atoms with van der Waals surface area (Å²) in [5, 5.41) is 8.66. The van der Waals surface area contributed by atoms with Crippen LogP contribution in [0, 0.1) is 11.3 Å². The molecule has 0 radical (unpaired) electrons. The molecule has 0 saturated heterocycles. The van der Waals surface area contributed by atoms with Crippen molar-refractivity contribution in [3.63, 3.8) is 0 Å². The molecular formula is C10H10F3N3O2S. The Kier molecular flexibility index (Phi) is 4.52. The molecule has 0 spiro atoms. The van der Waals surface area contributed by atoms with E-state index in [1.165, 1.54) is 6.07 Å². The second-order valence-electron chi connectivity index (χ2n) is 3.50. The predicted octanol–water partition coefficient (Wildman–Crippen LogP) is 0.814. The Bertz CT molecular complexity index is 605. The maximum absolute atomic E-state index is 12.5. The first-order valence-corrected chi connectivity index (χ1v) is 6.52. The molecule has 0 aliphatic carbocycles. The molecule has 104 valence electrons. The van der Waals surface area contributed by atoms with E-state index < -0.39 is 32.2 Å². The van der Waals surface area contributed by atoms with E-state index in [1.807, 2.05) is 0 Å². The zero-order chi connectivity index (χ0) is 14.7. The van der Waals surface area contributed by atoms with Crippen LogP contribution in [0.5, 0.6) is 0 Å². The molecule has 0 aliphatic rings. The van der Waals surface area contributed by atoms with Crippen molar-refractivity contribution in [3.05, 3.63) is 29.3 Å². The summed E-state index contributed by atoms with van der Waals surface area (Å²) >= 11 is 0. The van der Waals surface area contributed by atoms with E-state index in [1.54, 1.807) is 0 Å². The van der Waals surface area contributed by atoms with E-state index in [0.717, 1.165) is 6.07 Å². The highest BCUT2D eigenvalue weighted by Gasteiger charge is 2.34. The first-order chi connectivity index (χ1) is 8.72. The third-order valence-electron chi connectivity index (χ3n) is 2.16. The van der Waals surface area contributed by atoms with Crippen LogP contribution in [-0.2, 0) is 16.2 Å². The average Bonchev–Trinajstić information content (AvgIpc) is 2.34. The van der Waals surface area contributed by atoms with Crippen molar-refractivity contribution < 1.29 is 21.6 Å². The number of hydrogen-bond acceptors (Lipinski definition) is 4. The fourth-order valence-electron chi connectivity index (χ4n) is 1.31. The monoisotopic (exact) mass is 293 g/mol. The molecule has 0 heterocycles. The van der Waals surface area contributed by atoms with Gasteiger partial charge in [-0.2, -0.15) is 18.4 Å². The third kappa shape index (κ3) is 3.66. The van der Waals surface area contributed by atoms with E-state index in [9.17, 15) is 21.6 Å². The standard InChI is InChI=1S/C10H10F3N3O2S/c11-10(12,13)9-2-1-8(5-7(9)6-15)19(17,18)16-4-3-14/h1-2,5,16H,3-4,14H2. The second-order valence-corrected chi connectivity index (χ2v) is 5.27. The van der Waals surface area contributed by atoms with Crippen molar-refractivity contribution >= 4 is 10.0 Å². The van der Waals surface area contributed by atoms with Crippen LogP contribution in [0.2, 0.25) is 0 Å². The highest BCUT2D eigenvalue weighted by atomic mass is 32.2. The molecule has 1 aromatic rings. The molecule has 19 heavy (non-hydrogen) atoms. The number of nitrogens with two attached hydrogens (primary N) is 1. The summed E-state index contributed by atoms with van der Waals surface area (Å²) in [7, 11) is -3.97. The number of nitrogens with zero attached hydrogens (tertiary/aromatic N) is 1. The van der Waals surface area contributed by atoms with Crippen LogP contribution < -0.4 is 10.5 Å². The molecule has 0 bridgehead atoms. The fourth-order valence-corrected chi connectivity index (χ4v) is 2.38. The lowest BCUT2D eigenvalue weighted by molar-refractivity contribution is -0.137. The summed E-state index contributed by atoms with van der Waals surface area (Å²) in [6.45, 7) is -0.00376. The molecule has 0 fully saturated rings. The molecule has 0 unspecified atom stereocenters. The Hall–Kier alpha value is -1.63. The summed E-state index contributed by atoms with van der Waals surface area (Å²) in [6.07, 6.45) is -4.71. The Morgan fingerprint density at radius 3 is 2.47 bits per heavy atom. The van der Waals surface area contributed by atoms with Crippen molar-refractivity contribution in [1.29, 1.82) is 5.26 Å². The summed E-state index contributed by atoms with van der Waals surface area (Å²) in [4.78, 5) is -0.412. The Morgan fingerprint density at radius 2 is 2.00 bits per heavy atom. The number of sulfonamides is 1. The first kappa shape index (κ1) is 15.4. The highest BCUT2D eigenvalue weighted by molar-refractivity contribution is 7.89. The van der Waals surface area contributed by atoms with Gasteiger partial charge in [-0.3, -0.25) is 0 Å².